The van der Waals surface area contributed by atoms with Crippen molar-refractivity contribution in [2.75, 3.05) is 5.75 Å². The van der Waals surface area contributed by atoms with Crippen molar-refractivity contribution in [3.8, 4) is 0 Å². The Labute approximate surface area is 197 Å². The van der Waals surface area contributed by atoms with E-state index in [2.05, 4.69) is 55.7 Å². The molecule has 1 aromatic heterocycles. The zero-order valence-corrected chi connectivity index (χ0v) is 20.2. The Hall–Kier alpha value is -1.59. The number of nitrogens with zero attached hydrogens (tertiary/aromatic N) is 1. The number of carbonyl (C=O) groups excluding carboxylic acids is 1. The number of ether oxygens (including phenoxy) is 1. The second-order valence-corrected chi connectivity index (χ2v) is 11.3. The highest BCUT2D eigenvalue weighted by atomic mass is 32.1. The van der Waals surface area contributed by atoms with Gasteiger partial charge in [-0.05, 0) is 84.3 Å². The lowest BCUT2D eigenvalue weighted by atomic mass is 9.47. The number of rotatable bonds is 4. The van der Waals surface area contributed by atoms with Crippen molar-refractivity contribution in [1.29, 1.82) is 0 Å². The van der Waals surface area contributed by atoms with E-state index in [-0.39, 0.29) is 22.9 Å². The van der Waals surface area contributed by atoms with Crippen LogP contribution >= 0.6 is 12.6 Å². The average Bonchev–Trinajstić information content (AvgIpc) is 3.16. The molecule has 4 aliphatic rings. The number of nitrogens with two attached hydrogens (primary N) is 1. The van der Waals surface area contributed by atoms with Crippen molar-refractivity contribution >= 4 is 24.2 Å². The van der Waals surface area contributed by atoms with Gasteiger partial charge < -0.3 is 10.5 Å². The first-order chi connectivity index (χ1) is 15.4. The number of aromatic nitrogens is 1. The van der Waals surface area contributed by atoms with Gasteiger partial charge in [-0.25, -0.2) is 0 Å². The molecular weight excluding hydrogens is 416 g/mol. The monoisotopic (exact) mass is 452 g/mol. The van der Waals surface area contributed by atoms with Crippen LogP contribution in [-0.2, 0) is 9.53 Å². The van der Waals surface area contributed by atoms with Crippen molar-refractivity contribution < 1.29 is 9.53 Å². The van der Waals surface area contributed by atoms with Crippen molar-refractivity contribution in [2.24, 2.45) is 34.3 Å². The number of esters is 1. The fraction of sp³-hybridized carbons (Fsp3) is 0.630. The van der Waals surface area contributed by atoms with Crippen LogP contribution in [0.5, 0.6) is 0 Å². The SMILES string of the molecule is C[C@]12CC[C@H](OC(=O)C(N)CS)CC1=CC[C@@H]1[C@@H]2CC[C@]2(C)C(c3cccnc3)=CC[C@@H]12. The topological polar surface area (TPSA) is 65.2 Å². The molecule has 5 heteroatoms. The quantitative estimate of drug-likeness (QED) is 0.374. The third kappa shape index (κ3) is 3.47. The highest BCUT2D eigenvalue weighted by molar-refractivity contribution is 7.80. The maximum atomic E-state index is 12.2. The Bertz CT molecular complexity index is 944. The van der Waals surface area contributed by atoms with Gasteiger partial charge in [0, 0.05) is 24.6 Å². The van der Waals surface area contributed by atoms with Gasteiger partial charge >= 0.3 is 5.97 Å². The fourth-order valence-electron chi connectivity index (χ4n) is 7.59. The summed E-state index contributed by atoms with van der Waals surface area (Å²) in [6.45, 7) is 4.99. The molecule has 2 saturated carbocycles. The van der Waals surface area contributed by atoms with Crippen molar-refractivity contribution in [3.63, 3.8) is 0 Å². The van der Waals surface area contributed by atoms with Gasteiger partial charge in [-0.15, -0.1) is 0 Å². The summed E-state index contributed by atoms with van der Waals surface area (Å²) in [5.74, 6) is 2.17. The van der Waals surface area contributed by atoms with Crippen molar-refractivity contribution in [3.05, 3.63) is 47.8 Å². The molecule has 172 valence electrons. The molecule has 0 bridgehead atoms. The summed E-state index contributed by atoms with van der Waals surface area (Å²) in [4.78, 5) is 16.6. The van der Waals surface area contributed by atoms with Crippen LogP contribution < -0.4 is 5.73 Å². The lowest BCUT2D eigenvalue weighted by Crippen LogP contribution is -2.50. The van der Waals surface area contributed by atoms with Gasteiger partial charge in [-0.3, -0.25) is 9.78 Å². The van der Waals surface area contributed by atoms with Crippen LogP contribution in [0, 0.1) is 28.6 Å². The van der Waals surface area contributed by atoms with Gasteiger partial charge in [-0.1, -0.05) is 37.6 Å². The molecule has 2 fully saturated rings. The van der Waals surface area contributed by atoms with E-state index in [1.165, 1.54) is 36.0 Å². The smallest absolute Gasteiger partial charge is 0.324 e. The molecule has 4 aliphatic carbocycles. The van der Waals surface area contributed by atoms with Gasteiger partial charge in [0.1, 0.15) is 12.1 Å². The number of thiol groups is 1. The minimum Gasteiger partial charge on any atom is -0.461 e. The molecule has 4 nitrogen and oxygen atoms in total. The lowest BCUT2D eigenvalue weighted by molar-refractivity contribution is -0.152. The van der Waals surface area contributed by atoms with Gasteiger partial charge in [-0.2, -0.15) is 12.6 Å². The molecule has 0 aliphatic heterocycles. The van der Waals surface area contributed by atoms with E-state index in [0.717, 1.165) is 37.5 Å². The highest BCUT2D eigenvalue weighted by Crippen LogP contribution is 2.66. The van der Waals surface area contributed by atoms with Crippen LogP contribution in [0.1, 0.15) is 64.4 Å². The van der Waals surface area contributed by atoms with Crippen LogP contribution in [0.3, 0.4) is 0 Å². The predicted octanol–water partition coefficient (Wildman–Crippen LogP) is 5.21. The van der Waals surface area contributed by atoms with Crippen LogP contribution in [0.15, 0.2) is 42.3 Å². The van der Waals surface area contributed by atoms with Crippen LogP contribution in [0.4, 0.5) is 0 Å². The molecule has 2 N–H and O–H groups in total. The summed E-state index contributed by atoms with van der Waals surface area (Å²) >= 11 is 4.13. The molecule has 1 heterocycles. The number of allylic oxidation sites excluding steroid dienone is 3. The Morgan fingerprint density at radius 2 is 2.03 bits per heavy atom. The predicted molar refractivity (Wildman–Crippen MR) is 131 cm³/mol. The maximum Gasteiger partial charge on any atom is 0.324 e. The highest BCUT2D eigenvalue weighted by Gasteiger charge is 2.57. The minimum atomic E-state index is -0.628. The van der Waals surface area contributed by atoms with E-state index < -0.39 is 6.04 Å². The first kappa shape index (κ1) is 22.2. The summed E-state index contributed by atoms with van der Waals surface area (Å²) in [6, 6.07) is 3.65. The second-order valence-electron chi connectivity index (χ2n) is 10.9. The van der Waals surface area contributed by atoms with E-state index in [1.54, 1.807) is 0 Å². The molecule has 7 atom stereocenters. The number of fused-ring (bicyclic) bond motifs is 5. The molecule has 32 heavy (non-hydrogen) atoms. The average molecular weight is 453 g/mol. The fourth-order valence-corrected chi connectivity index (χ4v) is 7.74. The molecule has 1 unspecified atom stereocenters. The molecule has 0 radical (unpaired) electrons. The zero-order chi connectivity index (χ0) is 22.5. The van der Waals surface area contributed by atoms with Gasteiger partial charge in [0.05, 0.1) is 0 Å². The molecular formula is C27H36N2O2S. The third-order valence-electron chi connectivity index (χ3n) is 9.39. The van der Waals surface area contributed by atoms with E-state index in [4.69, 9.17) is 10.5 Å². The largest absolute Gasteiger partial charge is 0.461 e. The summed E-state index contributed by atoms with van der Waals surface area (Å²) in [6.07, 6.45) is 16.6. The van der Waals surface area contributed by atoms with Gasteiger partial charge in [0.2, 0.25) is 0 Å². The van der Waals surface area contributed by atoms with E-state index >= 15 is 0 Å². The Balaban J connectivity index is 1.34. The molecule has 0 saturated heterocycles. The summed E-state index contributed by atoms with van der Waals surface area (Å²) in [7, 11) is 0. The zero-order valence-electron chi connectivity index (χ0n) is 19.3. The molecule has 0 aromatic carbocycles. The van der Waals surface area contributed by atoms with Crippen LogP contribution in [0.2, 0.25) is 0 Å². The summed E-state index contributed by atoms with van der Waals surface area (Å²) in [5.41, 5.74) is 10.6. The normalized spacial score (nSPS) is 39.1. The van der Waals surface area contributed by atoms with E-state index in [1.807, 2.05) is 12.4 Å². The number of hydrogen-bond donors (Lipinski definition) is 2. The Morgan fingerprint density at radius 3 is 2.78 bits per heavy atom. The lowest BCUT2D eigenvalue weighted by Gasteiger charge is -2.57. The van der Waals surface area contributed by atoms with Gasteiger partial charge in [0.15, 0.2) is 0 Å². The second kappa shape index (κ2) is 8.32. The van der Waals surface area contributed by atoms with E-state index in [0.29, 0.717) is 11.7 Å². The van der Waals surface area contributed by atoms with Crippen LogP contribution in [0.25, 0.3) is 5.57 Å². The molecule has 0 amide bonds. The Kier molecular flexibility index (Phi) is 5.78. The van der Waals surface area contributed by atoms with E-state index in [9.17, 15) is 4.79 Å². The standard InChI is InChI=1S/C27H36N2O2S/c1-26-11-9-19(31-25(30)24(28)16-32)14-18(26)5-6-20-22-8-7-21(17-4-3-13-29-15-17)27(22,2)12-10-23(20)26/h3-5,7,13,15,19-20,22-24,32H,6,8-12,14,16,28H2,1-2H3/t19-,20-,22-,23-,24?,26-,27+/m0/s1. The maximum absolute atomic E-state index is 12.2. The molecule has 5 rings (SSSR count). The third-order valence-corrected chi connectivity index (χ3v) is 9.79. The summed E-state index contributed by atoms with van der Waals surface area (Å²) < 4.78 is 5.75. The number of pyridine rings is 1. The number of carbonyl (C=O) groups is 1. The number of hydrogen-bond acceptors (Lipinski definition) is 5. The minimum absolute atomic E-state index is 0.0384. The first-order valence-electron chi connectivity index (χ1n) is 12.2. The first-order valence-corrected chi connectivity index (χ1v) is 12.9. The van der Waals surface area contributed by atoms with Gasteiger partial charge in [0.25, 0.3) is 0 Å². The van der Waals surface area contributed by atoms with Crippen molar-refractivity contribution in [1.82, 2.24) is 4.98 Å². The van der Waals surface area contributed by atoms with Crippen molar-refractivity contribution in [2.45, 2.75) is 70.9 Å². The molecule has 1 aromatic rings. The molecule has 0 spiro atoms. The van der Waals surface area contributed by atoms with Crippen LogP contribution in [-0.4, -0.2) is 28.9 Å². The summed E-state index contributed by atoms with van der Waals surface area (Å²) in [5, 5.41) is 0. The Morgan fingerprint density at radius 1 is 1.22 bits per heavy atom.